The van der Waals surface area contributed by atoms with Gasteiger partial charge in [0.15, 0.2) is 0 Å². The van der Waals surface area contributed by atoms with Gasteiger partial charge in [-0.25, -0.2) is 4.79 Å². The predicted molar refractivity (Wildman–Crippen MR) is 80.3 cm³/mol. The molecular weight excluding hydrogens is 305 g/mol. The molecule has 19 heavy (non-hydrogen) atoms. The van der Waals surface area contributed by atoms with Gasteiger partial charge in [-0.3, -0.25) is 0 Å². The fraction of sp³-hybridized carbons (Fsp3) is 0.154. The average molecular weight is 316 g/mol. The molecule has 0 amide bonds. The molecule has 100 valence electrons. The van der Waals surface area contributed by atoms with E-state index in [1.54, 1.807) is 18.2 Å². The number of halogens is 2. The summed E-state index contributed by atoms with van der Waals surface area (Å²) in [6.45, 7) is 1.84. The molecule has 2 N–H and O–H groups in total. The molecule has 0 bridgehead atoms. The quantitative estimate of drug-likeness (QED) is 0.836. The minimum Gasteiger partial charge on any atom is -0.465 e. The lowest BCUT2D eigenvalue weighted by atomic mass is 10.1. The Morgan fingerprint density at radius 1 is 1.37 bits per heavy atom. The summed E-state index contributed by atoms with van der Waals surface area (Å²) in [6, 6.07) is 5.18. The third-order valence-electron chi connectivity index (χ3n) is 2.74. The van der Waals surface area contributed by atoms with Gasteiger partial charge in [-0.1, -0.05) is 23.2 Å². The standard InChI is InChI=1S/C13H11Cl2NO2S/c1-6-10(16)12(13(17)18-2)19-11(6)8-5-7(14)3-4-9(8)15/h3-5H,16H2,1-2H3. The molecule has 0 saturated carbocycles. The Morgan fingerprint density at radius 2 is 2.05 bits per heavy atom. The van der Waals surface area contributed by atoms with Crippen molar-refractivity contribution >= 4 is 46.2 Å². The number of methoxy groups -OCH3 is 1. The SMILES string of the molecule is COC(=O)c1sc(-c2cc(Cl)ccc2Cl)c(C)c1N. The smallest absolute Gasteiger partial charge is 0.350 e. The van der Waals surface area contributed by atoms with Crippen LogP contribution < -0.4 is 5.73 Å². The Hall–Kier alpha value is -1.23. The largest absolute Gasteiger partial charge is 0.465 e. The van der Waals surface area contributed by atoms with E-state index >= 15 is 0 Å². The lowest BCUT2D eigenvalue weighted by molar-refractivity contribution is 0.0607. The molecule has 3 nitrogen and oxygen atoms in total. The molecule has 2 rings (SSSR count). The van der Waals surface area contributed by atoms with Gasteiger partial charge in [-0.15, -0.1) is 11.3 Å². The van der Waals surface area contributed by atoms with Crippen molar-refractivity contribution in [2.75, 3.05) is 12.8 Å². The van der Waals surface area contributed by atoms with Crippen LogP contribution in [0, 0.1) is 6.92 Å². The number of thiophene rings is 1. The summed E-state index contributed by atoms with van der Waals surface area (Å²) in [5, 5.41) is 1.13. The van der Waals surface area contributed by atoms with Crippen molar-refractivity contribution in [3.05, 3.63) is 38.7 Å². The van der Waals surface area contributed by atoms with E-state index in [1.165, 1.54) is 18.4 Å². The number of nitrogen functional groups attached to an aromatic ring is 1. The zero-order chi connectivity index (χ0) is 14.2. The highest BCUT2D eigenvalue weighted by Crippen LogP contribution is 2.42. The number of benzene rings is 1. The molecular formula is C13H11Cl2NO2S. The van der Waals surface area contributed by atoms with Crippen LogP contribution in [0.1, 0.15) is 15.2 Å². The van der Waals surface area contributed by atoms with Crippen molar-refractivity contribution in [2.24, 2.45) is 0 Å². The van der Waals surface area contributed by atoms with E-state index in [-0.39, 0.29) is 0 Å². The molecule has 1 aromatic heterocycles. The Balaban J connectivity index is 2.63. The highest BCUT2D eigenvalue weighted by atomic mass is 35.5. The van der Waals surface area contributed by atoms with E-state index in [1.807, 2.05) is 6.92 Å². The van der Waals surface area contributed by atoms with Crippen molar-refractivity contribution in [1.82, 2.24) is 0 Å². The molecule has 0 spiro atoms. The van der Waals surface area contributed by atoms with Crippen LogP contribution in [0.15, 0.2) is 18.2 Å². The van der Waals surface area contributed by atoms with E-state index in [2.05, 4.69) is 0 Å². The highest BCUT2D eigenvalue weighted by Gasteiger charge is 2.21. The average Bonchev–Trinajstić information content (AvgIpc) is 2.69. The fourth-order valence-electron chi connectivity index (χ4n) is 1.70. The molecule has 1 heterocycles. The van der Waals surface area contributed by atoms with Crippen molar-refractivity contribution in [3.63, 3.8) is 0 Å². The van der Waals surface area contributed by atoms with E-state index in [9.17, 15) is 4.79 Å². The molecule has 0 fully saturated rings. The summed E-state index contributed by atoms with van der Waals surface area (Å²) in [5.41, 5.74) is 7.92. The lowest BCUT2D eigenvalue weighted by Gasteiger charge is -2.04. The van der Waals surface area contributed by atoms with Gasteiger partial charge in [-0.2, -0.15) is 0 Å². The summed E-state index contributed by atoms with van der Waals surface area (Å²) in [7, 11) is 1.32. The maximum Gasteiger partial charge on any atom is 0.350 e. The highest BCUT2D eigenvalue weighted by molar-refractivity contribution is 7.18. The number of esters is 1. The van der Waals surface area contributed by atoms with Crippen molar-refractivity contribution < 1.29 is 9.53 Å². The zero-order valence-corrected chi connectivity index (χ0v) is 12.6. The van der Waals surface area contributed by atoms with Crippen LogP contribution in [0.4, 0.5) is 5.69 Å². The first kappa shape index (κ1) is 14.2. The summed E-state index contributed by atoms with van der Waals surface area (Å²) < 4.78 is 4.71. The van der Waals surface area contributed by atoms with Gasteiger partial charge in [0.25, 0.3) is 0 Å². The van der Waals surface area contributed by atoms with Crippen LogP contribution >= 0.6 is 34.5 Å². The molecule has 0 unspecified atom stereocenters. The molecule has 0 aliphatic carbocycles. The zero-order valence-electron chi connectivity index (χ0n) is 10.3. The maximum absolute atomic E-state index is 11.6. The normalized spacial score (nSPS) is 10.5. The minimum absolute atomic E-state index is 0.381. The molecule has 0 aliphatic heterocycles. The predicted octanol–water partition coefficient (Wildman–Crippen LogP) is 4.40. The van der Waals surface area contributed by atoms with E-state index < -0.39 is 5.97 Å². The number of carbonyl (C=O) groups excluding carboxylic acids is 1. The van der Waals surface area contributed by atoms with Crippen LogP contribution in [-0.4, -0.2) is 13.1 Å². The molecule has 0 atom stereocenters. The summed E-state index contributed by atoms with van der Waals surface area (Å²) >= 11 is 13.4. The van der Waals surface area contributed by atoms with Crippen LogP contribution in [0.2, 0.25) is 10.0 Å². The first-order valence-electron chi connectivity index (χ1n) is 5.38. The van der Waals surface area contributed by atoms with Crippen LogP contribution in [0.5, 0.6) is 0 Å². The summed E-state index contributed by atoms with van der Waals surface area (Å²) in [6.07, 6.45) is 0. The third-order valence-corrected chi connectivity index (χ3v) is 4.62. The first-order chi connectivity index (χ1) is 8.95. The second kappa shape index (κ2) is 5.41. The number of anilines is 1. The number of hydrogen-bond donors (Lipinski definition) is 1. The van der Waals surface area contributed by atoms with E-state index in [0.717, 1.165) is 16.0 Å². The fourth-order valence-corrected chi connectivity index (χ4v) is 3.31. The molecule has 0 saturated heterocycles. The van der Waals surface area contributed by atoms with Crippen molar-refractivity contribution in [3.8, 4) is 10.4 Å². The van der Waals surface area contributed by atoms with Gasteiger partial charge in [0, 0.05) is 20.5 Å². The Morgan fingerprint density at radius 3 is 2.68 bits per heavy atom. The van der Waals surface area contributed by atoms with Crippen LogP contribution in [0.3, 0.4) is 0 Å². The topological polar surface area (TPSA) is 52.3 Å². The Kier molecular flexibility index (Phi) is 4.04. The lowest BCUT2D eigenvalue weighted by Crippen LogP contribution is -2.01. The minimum atomic E-state index is -0.449. The second-order valence-corrected chi connectivity index (χ2v) is 5.78. The molecule has 0 aliphatic rings. The summed E-state index contributed by atoms with van der Waals surface area (Å²) in [4.78, 5) is 12.8. The number of carbonyl (C=O) groups is 1. The number of nitrogens with two attached hydrogens (primary N) is 1. The van der Waals surface area contributed by atoms with E-state index in [4.69, 9.17) is 33.7 Å². The second-order valence-electron chi connectivity index (χ2n) is 3.91. The number of ether oxygens (including phenoxy) is 1. The molecule has 6 heteroatoms. The van der Waals surface area contributed by atoms with Gasteiger partial charge in [0.2, 0.25) is 0 Å². The third kappa shape index (κ3) is 2.56. The van der Waals surface area contributed by atoms with Gasteiger partial charge in [0.1, 0.15) is 4.88 Å². The first-order valence-corrected chi connectivity index (χ1v) is 6.95. The molecule has 1 aromatic carbocycles. The van der Waals surface area contributed by atoms with Gasteiger partial charge < -0.3 is 10.5 Å². The molecule has 2 aromatic rings. The summed E-state index contributed by atoms with van der Waals surface area (Å²) in [5.74, 6) is -0.449. The van der Waals surface area contributed by atoms with E-state index in [0.29, 0.717) is 20.6 Å². The van der Waals surface area contributed by atoms with Crippen molar-refractivity contribution in [1.29, 1.82) is 0 Å². The van der Waals surface area contributed by atoms with Gasteiger partial charge in [-0.05, 0) is 30.7 Å². The maximum atomic E-state index is 11.6. The van der Waals surface area contributed by atoms with Crippen LogP contribution in [-0.2, 0) is 4.74 Å². The van der Waals surface area contributed by atoms with Crippen LogP contribution in [0.25, 0.3) is 10.4 Å². The number of rotatable bonds is 2. The Labute approximate surface area is 124 Å². The van der Waals surface area contributed by atoms with Gasteiger partial charge >= 0.3 is 5.97 Å². The molecule has 0 radical (unpaired) electrons. The van der Waals surface area contributed by atoms with Crippen molar-refractivity contribution in [2.45, 2.75) is 6.92 Å². The monoisotopic (exact) mass is 315 g/mol. The number of hydrogen-bond acceptors (Lipinski definition) is 4. The Bertz CT molecular complexity index is 652. The van der Waals surface area contributed by atoms with Gasteiger partial charge in [0.05, 0.1) is 12.8 Å².